The molecule has 0 fully saturated rings. The highest BCUT2D eigenvalue weighted by Gasteiger charge is 2.10. The van der Waals surface area contributed by atoms with Gasteiger partial charge in [0, 0.05) is 5.38 Å². The zero-order chi connectivity index (χ0) is 13.7. The highest BCUT2D eigenvalue weighted by Crippen LogP contribution is 2.13. The second-order valence-corrected chi connectivity index (χ2v) is 4.85. The largest absolute Gasteiger partial charge is 0.489 e. The number of aromatic nitrogens is 2. The van der Waals surface area contributed by atoms with Gasteiger partial charge in [0.1, 0.15) is 11.9 Å². The molecule has 100 valence electrons. The van der Waals surface area contributed by atoms with Crippen LogP contribution < -0.4 is 10.1 Å². The third-order valence-corrected chi connectivity index (χ3v) is 3.01. The highest BCUT2D eigenvalue weighted by atomic mass is 32.1. The van der Waals surface area contributed by atoms with Crippen LogP contribution in [0.15, 0.2) is 29.6 Å². The topological polar surface area (TPSA) is 64.1 Å². The number of nitrogens with zero attached hydrogens (tertiary/aromatic N) is 2. The van der Waals surface area contributed by atoms with Crippen molar-refractivity contribution in [2.24, 2.45) is 0 Å². The molecule has 2 aromatic rings. The maximum absolute atomic E-state index is 11.6. The fourth-order valence-corrected chi connectivity index (χ4v) is 1.92. The number of benzene rings is 1. The lowest BCUT2D eigenvalue weighted by Gasteiger charge is -2.15. The summed E-state index contributed by atoms with van der Waals surface area (Å²) in [5.41, 5.74) is 1.52. The van der Waals surface area contributed by atoms with Gasteiger partial charge in [-0.1, -0.05) is 22.2 Å². The van der Waals surface area contributed by atoms with Gasteiger partial charge in [-0.25, -0.2) is 0 Å². The van der Waals surface area contributed by atoms with Crippen LogP contribution in [-0.2, 0) is 0 Å². The molecular formula is C13H15N3O2S. The van der Waals surface area contributed by atoms with Crippen LogP contribution in [0.5, 0.6) is 5.75 Å². The Morgan fingerprint density at radius 1 is 1.42 bits per heavy atom. The molecule has 0 spiro atoms. The van der Waals surface area contributed by atoms with E-state index in [1.165, 1.54) is 5.56 Å². The van der Waals surface area contributed by atoms with Gasteiger partial charge in [0.25, 0.3) is 5.91 Å². The minimum Gasteiger partial charge on any atom is -0.489 e. The average Bonchev–Trinajstić information content (AvgIpc) is 2.93. The minimum atomic E-state index is -0.229. The normalized spacial score (nSPS) is 11.9. The number of aryl methyl sites for hydroxylation is 1. The Kier molecular flexibility index (Phi) is 4.46. The van der Waals surface area contributed by atoms with E-state index in [-0.39, 0.29) is 12.0 Å². The zero-order valence-corrected chi connectivity index (χ0v) is 11.6. The van der Waals surface area contributed by atoms with Gasteiger partial charge in [0.15, 0.2) is 5.69 Å². The van der Waals surface area contributed by atoms with Crippen LogP contribution in [0.4, 0.5) is 0 Å². The molecule has 6 heteroatoms. The van der Waals surface area contributed by atoms with Gasteiger partial charge in [-0.15, -0.1) is 5.10 Å². The predicted molar refractivity (Wildman–Crippen MR) is 73.5 cm³/mol. The molecule has 1 aromatic heterocycles. The summed E-state index contributed by atoms with van der Waals surface area (Å²) in [6, 6.07) is 7.80. The van der Waals surface area contributed by atoms with Crippen LogP contribution in [0.25, 0.3) is 0 Å². The van der Waals surface area contributed by atoms with Crippen molar-refractivity contribution < 1.29 is 9.53 Å². The van der Waals surface area contributed by atoms with Crippen molar-refractivity contribution in [2.45, 2.75) is 20.0 Å². The molecule has 5 nitrogen and oxygen atoms in total. The lowest BCUT2D eigenvalue weighted by Crippen LogP contribution is -2.33. The Hall–Kier alpha value is -1.95. The Balaban J connectivity index is 1.80. The van der Waals surface area contributed by atoms with E-state index in [0.29, 0.717) is 12.2 Å². The van der Waals surface area contributed by atoms with Crippen molar-refractivity contribution >= 4 is 17.4 Å². The fourth-order valence-electron chi connectivity index (χ4n) is 1.48. The number of hydrogen-bond donors (Lipinski definition) is 1. The molecule has 0 saturated carbocycles. The monoisotopic (exact) mass is 277 g/mol. The van der Waals surface area contributed by atoms with Crippen LogP contribution in [0, 0.1) is 6.92 Å². The fraction of sp³-hybridized carbons (Fsp3) is 0.308. The minimum absolute atomic E-state index is 0.113. The molecule has 0 radical (unpaired) electrons. The maximum Gasteiger partial charge on any atom is 0.272 e. The Bertz CT molecular complexity index is 525. The lowest BCUT2D eigenvalue weighted by atomic mass is 10.2. The van der Waals surface area contributed by atoms with Gasteiger partial charge in [0.2, 0.25) is 0 Å². The number of carbonyl (C=O) groups excluding carboxylic acids is 1. The Labute approximate surface area is 115 Å². The standard InChI is InChI=1S/C13H15N3O2S/c1-9-3-5-11(6-4-9)18-10(2)7-14-13(17)12-8-19-16-15-12/h3-6,8,10H,7H2,1-2H3,(H,14,17)/t10-/m0/s1. The molecule has 0 unspecified atom stereocenters. The molecule has 0 aliphatic carbocycles. The molecular weight excluding hydrogens is 262 g/mol. The summed E-state index contributed by atoms with van der Waals surface area (Å²) in [5, 5.41) is 8.07. The number of rotatable bonds is 5. The number of nitrogens with one attached hydrogen (secondary N) is 1. The summed E-state index contributed by atoms with van der Waals surface area (Å²) in [5.74, 6) is 0.566. The van der Waals surface area contributed by atoms with Gasteiger partial charge in [-0.2, -0.15) is 0 Å². The first kappa shape index (κ1) is 13.5. The van der Waals surface area contributed by atoms with Crippen molar-refractivity contribution in [1.29, 1.82) is 0 Å². The van der Waals surface area contributed by atoms with Gasteiger partial charge >= 0.3 is 0 Å². The second-order valence-electron chi connectivity index (χ2n) is 4.24. The van der Waals surface area contributed by atoms with E-state index in [1.54, 1.807) is 5.38 Å². The van der Waals surface area contributed by atoms with Crippen LogP contribution in [0.3, 0.4) is 0 Å². The summed E-state index contributed by atoms with van der Waals surface area (Å²) < 4.78 is 9.33. The summed E-state index contributed by atoms with van der Waals surface area (Å²) in [7, 11) is 0. The van der Waals surface area contributed by atoms with Gasteiger partial charge < -0.3 is 10.1 Å². The predicted octanol–water partition coefficient (Wildman–Crippen LogP) is 2.04. The van der Waals surface area contributed by atoms with E-state index in [2.05, 4.69) is 14.9 Å². The van der Waals surface area contributed by atoms with Crippen LogP contribution in [0.1, 0.15) is 23.0 Å². The van der Waals surface area contributed by atoms with E-state index in [1.807, 2.05) is 38.1 Å². The van der Waals surface area contributed by atoms with E-state index in [4.69, 9.17) is 4.74 Å². The van der Waals surface area contributed by atoms with Crippen molar-refractivity contribution in [1.82, 2.24) is 14.9 Å². The first-order valence-corrected chi connectivity index (χ1v) is 6.77. The summed E-state index contributed by atoms with van der Waals surface area (Å²) in [6.45, 7) is 4.35. The van der Waals surface area contributed by atoms with Crippen molar-refractivity contribution in [3.63, 3.8) is 0 Å². The first-order valence-electron chi connectivity index (χ1n) is 5.94. The van der Waals surface area contributed by atoms with Crippen molar-refractivity contribution in [3.05, 3.63) is 40.9 Å². The van der Waals surface area contributed by atoms with Crippen LogP contribution in [-0.4, -0.2) is 28.1 Å². The molecule has 0 saturated heterocycles. The lowest BCUT2D eigenvalue weighted by molar-refractivity contribution is 0.0927. The number of carbonyl (C=O) groups is 1. The van der Waals surface area contributed by atoms with E-state index in [9.17, 15) is 4.79 Å². The highest BCUT2D eigenvalue weighted by molar-refractivity contribution is 7.03. The molecule has 0 aliphatic heterocycles. The molecule has 1 atom stereocenters. The molecule has 0 aliphatic rings. The number of amides is 1. The summed E-state index contributed by atoms with van der Waals surface area (Å²) in [4.78, 5) is 11.6. The van der Waals surface area contributed by atoms with E-state index >= 15 is 0 Å². The SMILES string of the molecule is Cc1ccc(O[C@@H](C)CNC(=O)c2csnn2)cc1. The molecule has 19 heavy (non-hydrogen) atoms. The second kappa shape index (κ2) is 6.29. The van der Waals surface area contributed by atoms with Crippen molar-refractivity contribution in [2.75, 3.05) is 6.54 Å². The van der Waals surface area contributed by atoms with Crippen LogP contribution in [0.2, 0.25) is 0 Å². The van der Waals surface area contributed by atoms with Crippen LogP contribution >= 0.6 is 11.5 Å². The maximum atomic E-state index is 11.6. The summed E-state index contributed by atoms with van der Waals surface area (Å²) in [6.07, 6.45) is -0.113. The van der Waals surface area contributed by atoms with E-state index in [0.717, 1.165) is 17.3 Å². The molecule has 2 rings (SSSR count). The van der Waals surface area contributed by atoms with Crippen molar-refractivity contribution in [3.8, 4) is 5.75 Å². The summed E-state index contributed by atoms with van der Waals surface area (Å²) >= 11 is 1.15. The number of hydrogen-bond acceptors (Lipinski definition) is 5. The van der Waals surface area contributed by atoms with Gasteiger partial charge in [-0.3, -0.25) is 4.79 Å². The molecule has 1 amide bonds. The first-order chi connectivity index (χ1) is 9.15. The third kappa shape index (κ3) is 4.03. The van der Waals surface area contributed by atoms with Gasteiger partial charge in [-0.05, 0) is 37.5 Å². The zero-order valence-electron chi connectivity index (χ0n) is 10.8. The van der Waals surface area contributed by atoms with E-state index < -0.39 is 0 Å². The molecule has 1 aromatic carbocycles. The molecule has 0 bridgehead atoms. The Morgan fingerprint density at radius 2 is 2.16 bits per heavy atom. The molecule has 1 heterocycles. The third-order valence-electron chi connectivity index (χ3n) is 2.50. The van der Waals surface area contributed by atoms with Gasteiger partial charge in [0.05, 0.1) is 6.54 Å². The average molecular weight is 277 g/mol. The smallest absolute Gasteiger partial charge is 0.272 e. The molecule has 1 N–H and O–H groups in total. The quantitative estimate of drug-likeness (QED) is 0.908. The number of ether oxygens (including phenoxy) is 1. The Morgan fingerprint density at radius 3 is 2.79 bits per heavy atom.